The van der Waals surface area contributed by atoms with Crippen LogP contribution in [0.25, 0.3) is 6.08 Å². The molecule has 1 atom stereocenters. The lowest BCUT2D eigenvalue weighted by molar-refractivity contribution is -0.117. The SMILES string of the molecule is O=C(C=Cc1ccco1)NCC(O)(c1ccoc1)c1ccco1. The predicted molar refractivity (Wildman–Crippen MR) is 81.2 cm³/mol. The molecule has 3 aromatic heterocycles. The van der Waals surface area contributed by atoms with Gasteiger partial charge < -0.3 is 23.7 Å². The third-order valence-electron chi connectivity index (χ3n) is 3.39. The number of hydrogen-bond donors (Lipinski definition) is 2. The van der Waals surface area contributed by atoms with Gasteiger partial charge in [-0.05, 0) is 36.4 Å². The van der Waals surface area contributed by atoms with Crippen LogP contribution in [0.1, 0.15) is 17.1 Å². The number of carbonyl (C=O) groups excluding carboxylic acids is 1. The second-order valence-corrected chi connectivity index (χ2v) is 4.92. The molecule has 23 heavy (non-hydrogen) atoms. The standard InChI is InChI=1S/C17H15NO5/c19-16(6-5-14-3-1-8-22-14)18-12-17(20,13-7-10-21-11-13)15-4-2-9-23-15/h1-11,20H,12H2,(H,18,19). The van der Waals surface area contributed by atoms with Gasteiger partial charge >= 0.3 is 0 Å². The summed E-state index contributed by atoms with van der Waals surface area (Å²) in [6.45, 7) is -0.0681. The summed E-state index contributed by atoms with van der Waals surface area (Å²) in [5, 5.41) is 13.6. The minimum Gasteiger partial charge on any atom is -0.472 e. The van der Waals surface area contributed by atoms with Crippen LogP contribution >= 0.6 is 0 Å². The first-order chi connectivity index (χ1) is 11.2. The molecule has 1 unspecified atom stereocenters. The second kappa shape index (κ2) is 6.41. The van der Waals surface area contributed by atoms with Crippen molar-refractivity contribution in [3.63, 3.8) is 0 Å². The van der Waals surface area contributed by atoms with Gasteiger partial charge in [0, 0.05) is 11.6 Å². The molecule has 0 aliphatic rings. The lowest BCUT2D eigenvalue weighted by atomic mass is 9.93. The summed E-state index contributed by atoms with van der Waals surface area (Å²) in [5.41, 5.74) is -1.02. The van der Waals surface area contributed by atoms with Crippen LogP contribution < -0.4 is 5.32 Å². The maximum atomic E-state index is 11.9. The fourth-order valence-corrected chi connectivity index (χ4v) is 2.16. The van der Waals surface area contributed by atoms with E-state index in [0.29, 0.717) is 17.1 Å². The van der Waals surface area contributed by atoms with Crippen LogP contribution in [0.4, 0.5) is 0 Å². The van der Waals surface area contributed by atoms with Crippen molar-refractivity contribution in [2.45, 2.75) is 5.60 Å². The summed E-state index contributed by atoms with van der Waals surface area (Å²) >= 11 is 0. The largest absolute Gasteiger partial charge is 0.472 e. The van der Waals surface area contributed by atoms with E-state index in [1.54, 1.807) is 36.4 Å². The summed E-state index contributed by atoms with van der Waals surface area (Å²) in [5.74, 6) is 0.514. The second-order valence-electron chi connectivity index (χ2n) is 4.92. The fraction of sp³-hybridized carbons (Fsp3) is 0.118. The van der Waals surface area contributed by atoms with E-state index in [9.17, 15) is 9.90 Å². The van der Waals surface area contributed by atoms with E-state index >= 15 is 0 Å². The minimum absolute atomic E-state index is 0.0681. The molecule has 0 aliphatic heterocycles. The van der Waals surface area contributed by atoms with E-state index in [1.165, 1.54) is 31.1 Å². The van der Waals surface area contributed by atoms with Crippen molar-refractivity contribution in [1.82, 2.24) is 5.32 Å². The summed E-state index contributed by atoms with van der Waals surface area (Å²) in [6, 6.07) is 8.38. The van der Waals surface area contributed by atoms with Crippen LogP contribution in [0.5, 0.6) is 0 Å². The zero-order valence-corrected chi connectivity index (χ0v) is 12.1. The van der Waals surface area contributed by atoms with Crippen LogP contribution in [-0.4, -0.2) is 17.6 Å². The van der Waals surface area contributed by atoms with Crippen molar-refractivity contribution in [2.24, 2.45) is 0 Å². The minimum atomic E-state index is -1.51. The van der Waals surface area contributed by atoms with Crippen LogP contribution in [0, 0.1) is 0 Å². The Morgan fingerprint density at radius 1 is 1.17 bits per heavy atom. The van der Waals surface area contributed by atoms with Gasteiger partial charge in [0.05, 0.1) is 31.6 Å². The molecular formula is C17H15NO5. The monoisotopic (exact) mass is 313 g/mol. The molecule has 6 heteroatoms. The third-order valence-corrected chi connectivity index (χ3v) is 3.39. The maximum Gasteiger partial charge on any atom is 0.244 e. The first-order valence-corrected chi connectivity index (χ1v) is 6.97. The predicted octanol–water partition coefficient (Wildman–Crippen LogP) is 2.53. The molecule has 0 spiro atoms. The van der Waals surface area contributed by atoms with E-state index in [-0.39, 0.29) is 12.5 Å². The zero-order chi connectivity index (χ0) is 16.1. The Labute approximate surface area is 132 Å². The van der Waals surface area contributed by atoms with Crippen LogP contribution in [-0.2, 0) is 10.4 Å². The van der Waals surface area contributed by atoms with Crippen molar-refractivity contribution in [3.8, 4) is 0 Å². The molecule has 3 aromatic rings. The van der Waals surface area contributed by atoms with Gasteiger partial charge in [0.1, 0.15) is 11.5 Å². The summed E-state index contributed by atoms with van der Waals surface area (Å²) in [4.78, 5) is 11.9. The van der Waals surface area contributed by atoms with Crippen molar-refractivity contribution >= 4 is 12.0 Å². The molecule has 6 nitrogen and oxygen atoms in total. The Bertz CT molecular complexity index is 720. The number of rotatable bonds is 6. The molecule has 0 aromatic carbocycles. The molecular weight excluding hydrogens is 298 g/mol. The molecule has 0 saturated carbocycles. The number of furan rings is 3. The first kappa shape index (κ1) is 14.9. The van der Waals surface area contributed by atoms with Gasteiger partial charge in [-0.25, -0.2) is 0 Å². The molecule has 0 fully saturated rings. The highest BCUT2D eigenvalue weighted by atomic mass is 16.4. The van der Waals surface area contributed by atoms with E-state index in [1.807, 2.05) is 0 Å². The highest BCUT2D eigenvalue weighted by molar-refractivity contribution is 5.91. The molecule has 0 bridgehead atoms. The Balaban J connectivity index is 1.71. The molecule has 0 radical (unpaired) electrons. The Morgan fingerprint density at radius 2 is 2.00 bits per heavy atom. The van der Waals surface area contributed by atoms with Gasteiger partial charge in [-0.15, -0.1) is 0 Å². The van der Waals surface area contributed by atoms with Crippen molar-refractivity contribution < 1.29 is 23.2 Å². The lowest BCUT2D eigenvalue weighted by Gasteiger charge is -2.24. The average molecular weight is 313 g/mol. The highest BCUT2D eigenvalue weighted by Gasteiger charge is 2.35. The Kier molecular flexibility index (Phi) is 4.16. The van der Waals surface area contributed by atoms with E-state index in [2.05, 4.69) is 5.32 Å². The first-order valence-electron chi connectivity index (χ1n) is 6.97. The third kappa shape index (κ3) is 3.27. The van der Waals surface area contributed by atoms with Gasteiger partial charge in [-0.1, -0.05) is 0 Å². The molecule has 0 saturated heterocycles. The van der Waals surface area contributed by atoms with Crippen LogP contribution in [0.2, 0.25) is 0 Å². The van der Waals surface area contributed by atoms with Gasteiger partial charge in [0.2, 0.25) is 5.91 Å². The summed E-state index contributed by atoms with van der Waals surface area (Å²) < 4.78 is 15.4. The Morgan fingerprint density at radius 3 is 2.65 bits per heavy atom. The van der Waals surface area contributed by atoms with E-state index in [0.717, 1.165) is 0 Å². The number of hydrogen-bond acceptors (Lipinski definition) is 5. The summed E-state index contributed by atoms with van der Waals surface area (Å²) in [7, 11) is 0. The van der Waals surface area contributed by atoms with Gasteiger partial charge in [0.25, 0.3) is 0 Å². The number of aliphatic hydroxyl groups is 1. The van der Waals surface area contributed by atoms with Crippen molar-refractivity contribution in [3.05, 3.63) is 78.5 Å². The van der Waals surface area contributed by atoms with Crippen molar-refractivity contribution in [2.75, 3.05) is 6.54 Å². The zero-order valence-electron chi connectivity index (χ0n) is 12.1. The van der Waals surface area contributed by atoms with Gasteiger partial charge in [-0.3, -0.25) is 4.79 Å². The summed E-state index contributed by atoms with van der Waals surface area (Å²) in [6.07, 6.45) is 8.70. The number of amides is 1. The number of carbonyl (C=O) groups is 1. The topological polar surface area (TPSA) is 88.8 Å². The normalized spacial score (nSPS) is 14.0. The van der Waals surface area contributed by atoms with Crippen molar-refractivity contribution in [1.29, 1.82) is 0 Å². The fourth-order valence-electron chi connectivity index (χ4n) is 2.16. The van der Waals surface area contributed by atoms with E-state index < -0.39 is 5.60 Å². The smallest absolute Gasteiger partial charge is 0.244 e. The molecule has 3 heterocycles. The molecule has 2 N–H and O–H groups in total. The quantitative estimate of drug-likeness (QED) is 0.683. The highest BCUT2D eigenvalue weighted by Crippen LogP contribution is 2.29. The van der Waals surface area contributed by atoms with Gasteiger partial charge in [-0.2, -0.15) is 0 Å². The molecule has 1 amide bonds. The Hall–Kier alpha value is -2.99. The van der Waals surface area contributed by atoms with Crippen LogP contribution in [0.3, 0.4) is 0 Å². The molecule has 0 aliphatic carbocycles. The molecule has 118 valence electrons. The van der Waals surface area contributed by atoms with Crippen LogP contribution in [0.15, 0.2) is 74.7 Å². The van der Waals surface area contributed by atoms with Gasteiger partial charge in [0.15, 0.2) is 5.60 Å². The number of nitrogens with one attached hydrogen (secondary N) is 1. The molecule has 3 rings (SSSR count). The lowest BCUT2D eigenvalue weighted by Crippen LogP contribution is -2.40. The average Bonchev–Trinajstić information content (AvgIpc) is 3.33. The maximum absolute atomic E-state index is 11.9. The van der Waals surface area contributed by atoms with E-state index in [4.69, 9.17) is 13.3 Å².